The molecule has 114 valence electrons. The van der Waals surface area contributed by atoms with E-state index in [4.69, 9.17) is 5.73 Å². The van der Waals surface area contributed by atoms with Gasteiger partial charge in [0, 0.05) is 12.6 Å². The van der Waals surface area contributed by atoms with Gasteiger partial charge in [0.1, 0.15) is 0 Å². The van der Waals surface area contributed by atoms with Crippen molar-refractivity contribution in [2.45, 2.75) is 65.5 Å². The molecule has 1 rings (SSSR count). The summed E-state index contributed by atoms with van der Waals surface area (Å²) in [5, 5.41) is 9.45. The Bertz CT molecular complexity index is 260. The third-order valence-corrected chi connectivity index (χ3v) is 4.95. The highest BCUT2D eigenvalue weighted by Crippen LogP contribution is 2.41. The summed E-state index contributed by atoms with van der Waals surface area (Å²) in [6.07, 6.45) is 4.46. The lowest BCUT2D eigenvalue weighted by molar-refractivity contribution is 0.0512. The lowest BCUT2D eigenvalue weighted by Crippen LogP contribution is -2.47. The Kier molecular flexibility index (Phi) is 6.28. The van der Waals surface area contributed by atoms with E-state index in [2.05, 4.69) is 32.7 Å². The van der Waals surface area contributed by atoms with E-state index < -0.39 is 0 Å². The number of aliphatic hydroxyl groups excluding tert-OH is 1. The maximum atomic E-state index is 9.45. The van der Waals surface area contributed by atoms with E-state index in [-0.39, 0.29) is 6.10 Å². The zero-order valence-electron chi connectivity index (χ0n) is 13.5. The Labute approximate surface area is 119 Å². The van der Waals surface area contributed by atoms with Gasteiger partial charge >= 0.3 is 0 Å². The summed E-state index contributed by atoms with van der Waals surface area (Å²) in [5.41, 5.74) is 6.36. The summed E-state index contributed by atoms with van der Waals surface area (Å²) in [7, 11) is 2.20. The molecule has 0 bridgehead atoms. The highest BCUT2D eigenvalue weighted by molar-refractivity contribution is 4.90. The number of rotatable bonds is 5. The summed E-state index contributed by atoms with van der Waals surface area (Å²) in [6.45, 7) is 10.7. The molecule has 0 amide bonds. The summed E-state index contributed by atoms with van der Waals surface area (Å²) in [5.74, 6) is 1.41. The van der Waals surface area contributed by atoms with Crippen LogP contribution in [0, 0.1) is 17.3 Å². The lowest BCUT2D eigenvalue weighted by Gasteiger charge is -2.45. The van der Waals surface area contributed by atoms with Crippen LogP contribution in [0.3, 0.4) is 0 Å². The molecule has 0 radical (unpaired) electrons. The molecule has 0 aromatic carbocycles. The van der Waals surface area contributed by atoms with E-state index in [1.807, 2.05) is 6.92 Å². The normalized spacial score (nSPS) is 30.6. The van der Waals surface area contributed by atoms with Gasteiger partial charge in [-0.05, 0) is 63.5 Å². The van der Waals surface area contributed by atoms with Gasteiger partial charge in [0.15, 0.2) is 0 Å². The number of nitrogens with two attached hydrogens (primary N) is 1. The summed E-state index contributed by atoms with van der Waals surface area (Å²) < 4.78 is 0. The number of aliphatic hydroxyl groups is 1. The van der Waals surface area contributed by atoms with Crippen LogP contribution in [0.5, 0.6) is 0 Å². The predicted octanol–water partition coefficient (Wildman–Crippen LogP) is 2.48. The van der Waals surface area contributed by atoms with Crippen molar-refractivity contribution in [2.75, 3.05) is 20.1 Å². The van der Waals surface area contributed by atoms with Crippen LogP contribution in [0.1, 0.15) is 53.4 Å². The molecule has 19 heavy (non-hydrogen) atoms. The molecule has 1 fully saturated rings. The number of hydrogen-bond donors (Lipinski definition) is 2. The van der Waals surface area contributed by atoms with Crippen molar-refractivity contribution in [3.63, 3.8) is 0 Å². The van der Waals surface area contributed by atoms with E-state index >= 15 is 0 Å². The first-order chi connectivity index (χ1) is 8.75. The maximum absolute atomic E-state index is 9.45. The molecule has 0 aromatic heterocycles. The fraction of sp³-hybridized carbons (Fsp3) is 1.00. The largest absolute Gasteiger partial charge is 0.393 e. The molecule has 0 aromatic rings. The van der Waals surface area contributed by atoms with Crippen molar-refractivity contribution in [1.82, 2.24) is 4.90 Å². The van der Waals surface area contributed by atoms with E-state index in [0.29, 0.717) is 17.4 Å². The van der Waals surface area contributed by atoms with Gasteiger partial charge in [0.25, 0.3) is 0 Å². The van der Waals surface area contributed by atoms with Gasteiger partial charge in [-0.3, -0.25) is 0 Å². The van der Waals surface area contributed by atoms with Crippen LogP contribution in [0.25, 0.3) is 0 Å². The minimum atomic E-state index is -0.208. The molecular formula is C16H34N2O. The molecule has 0 heterocycles. The Hall–Kier alpha value is -0.120. The minimum Gasteiger partial charge on any atom is -0.393 e. The second-order valence-electron chi connectivity index (χ2n) is 7.56. The van der Waals surface area contributed by atoms with Crippen LogP contribution in [0.15, 0.2) is 0 Å². The second kappa shape index (κ2) is 7.05. The zero-order chi connectivity index (χ0) is 14.6. The van der Waals surface area contributed by atoms with Gasteiger partial charge in [-0.1, -0.05) is 20.8 Å². The molecule has 3 heteroatoms. The first-order valence-corrected chi connectivity index (χ1v) is 7.84. The van der Waals surface area contributed by atoms with Crippen molar-refractivity contribution in [3.8, 4) is 0 Å². The van der Waals surface area contributed by atoms with Gasteiger partial charge in [-0.15, -0.1) is 0 Å². The van der Waals surface area contributed by atoms with Crippen LogP contribution < -0.4 is 5.73 Å². The highest BCUT2D eigenvalue weighted by Gasteiger charge is 2.36. The molecule has 0 aliphatic heterocycles. The van der Waals surface area contributed by atoms with E-state index in [0.717, 1.165) is 25.4 Å². The number of hydrogen-bond acceptors (Lipinski definition) is 3. The maximum Gasteiger partial charge on any atom is 0.0524 e. The van der Waals surface area contributed by atoms with E-state index in [9.17, 15) is 5.11 Å². The molecule has 1 saturated carbocycles. The van der Waals surface area contributed by atoms with E-state index in [1.54, 1.807) is 0 Å². The van der Waals surface area contributed by atoms with Crippen LogP contribution in [0.2, 0.25) is 0 Å². The van der Waals surface area contributed by atoms with Crippen LogP contribution in [-0.4, -0.2) is 42.3 Å². The second-order valence-corrected chi connectivity index (χ2v) is 7.56. The molecule has 4 atom stereocenters. The zero-order valence-corrected chi connectivity index (χ0v) is 13.5. The number of nitrogens with zero attached hydrogens (tertiary/aromatic N) is 1. The quantitative estimate of drug-likeness (QED) is 0.807. The smallest absolute Gasteiger partial charge is 0.0524 e. The average molecular weight is 270 g/mol. The van der Waals surface area contributed by atoms with Crippen LogP contribution in [0.4, 0.5) is 0 Å². The molecule has 3 nitrogen and oxygen atoms in total. The van der Waals surface area contributed by atoms with Gasteiger partial charge in [-0.25, -0.2) is 0 Å². The Morgan fingerprint density at radius 3 is 2.42 bits per heavy atom. The van der Waals surface area contributed by atoms with Gasteiger partial charge in [0.2, 0.25) is 0 Å². The molecular weight excluding hydrogens is 236 g/mol. The third kappa shape index (κ3) is 5.05. The first-order valence-electron chi connectivity index (χ1n) is 7.84. The molecule has 4 unspecified atom stereocenters. The lowest BCUT2D eigenvalue weighted by atomic mass is 9.67. The Balaban J connectivity index is 2.64. The van der Waals surface area contributed by atoms with Gasteiger partial charge < -0.3 is 15.7 Å². The average Bonchev–Trinajstić information content (AvgIpc) is 2.33. The molecule has 0 spiro atoms. The molecule has 0 saturated heterocycles. The predicted molar refractivity (Wildman–Crippen MR) is 82.1 cm³/mol. The standard InChI is InChI=1S/C16H34N2O/c1-12(19)8-9-18(5)15-10-14(16(2,3)4)7-6-13(15)11-17/h12-15,19H,6-11,17H2,1-5H3. The monoisotopic (exact) mass is 270 g/mol. The van der Waals surface area contributed by atoms with Crippen molar-refractivity contribution in [3.05, 3.63) is 0 Å². The van der Waals surface area contributed by atoms with Crippen LogP contribution in [-0.2, 0) is 0 Å². The van der Waals surface area contributed by atoms with Crippen molar-refractivity contribution in [2.24, 2.45) is 23.0 Å². The minimum absolute atomic E-state index is 0.208. The third-order valence-electron chi connectivity index (χ3n) is 4.95. The van der Waals surface area contributed by atoms with Crippen LogP contribution >= 0.6 is 0 Å². The first kappa shape index (κ1) is 16.9. The van der Waals surface area contributed by atoms with Gasteiger partial charge in [-0.2, -0.15) is 0 Å². The van der Waals surface area contributed by atoms with Crippen molar-refractivity contribution >= 4 is 0 Å². The SMILES string of the molecule is CC(O)CCN(C)C1CC(C(C)(C)C)CCC1CN. The Morgan fingerprint density at radius 2 is 1.95 bits per heavy atom. The summed E-state index contributed by atoms with van der Waals surface area (Å²) in [6, 6.07) is 0.585. The van der Waals surface area contributed by atoms with Gasteiger partial charge in [0.05, 0.1) is 6.10 Å². The summed E-state index contributed by atoms with van der Waals surface area (Å²) >= 11 is 0. The summed E-state index contributed by atoms with van der Waals surface area (Å²) in [4.78, 5) is 2.43. The van der Waals surface area contributed by atoms with Crippen molar-refractivity contribution < 1.29 is 5.11 Å². The molecule has 1 aliphatic rings. The fourth-order valence-corrected chi connectivity index (χ4v) is 3.37. The Morgan fingerprint density at radius 1 is 1.32 bits per heavy atom. The van der Waals surface area contributed by atoms with E-state index in [1.165, 1.54) is 19.3 Å². The van der Waals surface area contributed by atoms with Crippen molar-refractivity contribution in [1.29, 1.82) is 0 Å². The molecule has 3 N–H and O–H groups in total. The topological polar surface area (TPSA) is 49.5 Å². The fourth-order valence-electron chi connectivity index (χ4n) is 3.37. The highest BCUT2D eigenvalue weighted by atomic mass is 16.3. The molecule has 1 aliphatic carbocycles.